The number of aromatic nitrogens is 1. The van der Waals surface area contributed by atoms with Gasteiger partial charge in [0.2, 0.25) is 0 Å². The second-order valence-electron chi connectivity index (χ2n) is 5.11. The Morgan fingerprint density at radius 1 is 1.19 bits per heavy atom. The first-order chi connectivity index (χ1) is 10.2. The van der Waals surface area contributed by atoms with Crippen molar-refractivity contribution < 1.29 is 9.90 Å². The summed E-state index contributed by atoms with van der Waals surface area (Å²) in [4.78, 5) is 17.8. The number of rotatable bonds is 2. The zero-order chi connectivity index (χ0) is 14.4. The fourth-order valence-electron chi connectivity index (χ4n) is 2.81. The molecule has 1 aliphatic heterocycles. The van der Waals surface area contributed by atoms with Gasteiger partial charge in [-0.2, -0.15) is 0 Å². The van der Waals surface area contributed by atoms with Gasteiger partial charge in [-0.05, 0) is 40.8 Å². The summed E-state index contributed by atoms with van der Waals surface area (Å²) in [5, 5.41) is 12.3. The highest BCUT2D eigenvalue weighted by Gasteiger charge is 2.22. The van der Waals surface area contributed by atoms with Crippen molar-refractivity contribution in [2.24, 2.45) is 0 Å². The van der Waals surface area contributed by atoms with Crippen molar-refractivity contribution in [3.8, 4) is 0 Å². The van der Waals surface area contributed by atoms with Crippen LogP contribution in [0, 0.1) is 0 Å². The van der Waals surface area contributed by atoms with Crippen LogP contribution < -0.4 is 4.90 Å². The van der Waals surface area contributed by atoms with Gasteiger partial charge in [-0.3, -0.25) is 0 Å². The molecule has 0 saturated heterocycles. The van der Waals surface area contributed by atoms with E-state index in [-0.39, 0.29) is 0 Å². The van der Waals surface area contributed by atoms with Crippen LogP contribution in [0.3, 0.4) is 0 Å². The molecule has 1 aromatic carbocycles. The highest BCUT2D eigenvalue weighted by molar-refractivity contribution is 7.17. The van der Waals surface area contributed by atoms with Gasteiger partial charge in [0.15, 0.2) is 0 Å². The third-order valence-corrected chi connectivity index (χ3v) is 4.72. The summed E-state index contributed by atoms with van der Waals surface area (Å²) in [7, 11) is 0. The van der Waals surface area contributed by atoms with E-state index in [1.165, 1.54) is 10.3 Å². The van der Waals surface area contributed by atoms with Crippen molar-refractivity contribution in [3.05, 3.63) is 58.6 Å². The molecular formula is C16H12N2O2S. The van der Waals surface area contributed by atoms with E-state index in [4.69, 9.17) is 5.11 Å². The first-order valence-electron chi connectivity index (χ1n) is 6.64. The quantitative estimate of drug-likeness (QED) is 0.786. The van der Waals surface area contributed by atoms with Gasteiger partial charge in [0.1, 0.15) is 5.82 Å². The number of fused-ring (bicyclic) bond motifs is 2. The largest absolute Gasteiger partial charge is 0.478 e. The van der Waals surface area contributed by atoms with Gasteiger partial charge in [0, 0.05) is 29.4 Å². The van der Waals surface area contributed by atoms with Crippen LogP contribution in [-0.2, 0) is 13.1 Å². The fraction of sp³-hybridized carbons (Fsp3) is 0.125. The van der Waals surface area contributed by atoms with Crippen LogP contribution in [0.25, 0.3) is 10.1 Å². The van der Waals surface area contributed by atoms with Crippen LogP contribution in [0.1, 0.15) is 21.5 Å². The Morgan fingerprint density at radius 2 is 2.05 bits per heavy atom. The lowest BCUT2D eigenvalue weighted by atomic mass is 10.1. The van der Waals surface area contributed by atoms with Gasteiger partial charge < -0.3 is 10.0 Å². The minimum Gasteiger partial charge on any atom is -0.478 e. The predicted octanol–water partition coefficient (Wildman–Crippen LogP) is 3.51. The van der Waals surface area contributed by atoms with Gasteiger partial charge in [0.25, 0.3) is 0 Å². The Hall–Kier alpha value is -2.40. The monoisotopic (exact) mass is 296 g/mol. The number of anilines is 1. The van der Waals surface area contributed by atoms with E-state index >= 15 is 0 Å². The fourth-order valence-corrected chi connectivity index (χ4v) is 3.59. The van der Waals surface area contributed by atoms with Crippen molar-refractivity contribution in [1.29, 1.82) is 0 Å². The Balaban J connectivity index is 1.73. The lowest BCUT2D eigenvalue weighted by molar-refractivity contribution is 0.0697. The first kappa shape index (κ1) is 12.3. The van der Waals surface area contributed by atoms with Crippen molar-refractivity contribution in [2.75, 3.05) is 4.90 Å². The van der Waals surface area contributed by atoms with E-state index in [1.807, 2.05) is 18.3 Å². The van der Waals surface area contributed by atoms with Crippen molar-refractivity contribution in [3.63, 3.8) is 0 Å². The molecule has 21 heavy (non-hydrogen) atoms. The number of hydrogen-bond donors (Lipinski definition) is 1. The lowest BCUT2D eigenvalue weighted by Gasteiger charge is -2.17. The molecule has 0 radical (unpaired) electrons. The molecule has 0 atom stereocenters. The molecule has 3 aromatic rings. The summed E-state index contributed by atoms with van der Waals surface area (Å²) >= 11 is 1.71. The average molecular weight is 296 g/mol. The molecule has 0 amide bonds. The van der Waals surface area contributed by atoms with Gasteiger partial charge in [-0.1, -0.05) is 6.07 Å². The number of carboxylic acid groups (broad SMARTS) is 1. The SMILES string of the molecule is O=C(O)c1ccc2c(c1)CN(c1nccc3sccc13)C2. The highest BCUT2D eigenvalue weighted by atomic mass is 32.1. The average Bonchev–Trinajstić information content (AvgIpc) is 3.12. The third kappa shape index (κ3) is 1.97. The predicted molar refractivity (Wildman–Crippen MR) is 82.9 cm³/mol. The molecule has 2 aromatic heterocycles. The number of carboxylic acids is 1. The van der Waals surface area contributed by atoms with E-state index < -0.39 is 5.97 Å². The summed E-state index contributed by atoms with van der Waals surface area (Å²) in [6.07, 6.45) is 1.83. The second-order valence-corrected chi connectivity index (χ2v) is 6.06. The molecule has 1 N–H and O–H groups in total. The minimum atomic E-state index is -0.880. The summed E-state index contributed by atoms with van der Waals surface area (Å²) in [5.41, 5.74) is 2.59. The van der Waals surface area contributed by atoms with Crippen LogP contribution >= 0.6 is 11.3 Å². The van der Waals surface area contributed by atoms with Crippen LogP contribution in [-0.4, -0.2) is 16.1 Å². The Labute approximate surface area is 125 Å². The standard InChI is InChI=1S/C16H12N2O2S/c19-16(20)10-1-2-11-8-18(9-12(11)7-10)15-13-4-6-21-14(13)3-5-17-15/h1-7H,8-9H2,(H,19,20). The number of benzene rings is 1. The van der Waals surface area contributed by atoms with Crippen LogP contribution in [0.2, 0.25) is 0 Å². The second kappa shape index (κ2) is 4.56. The summed E-state index contributed by atoms with van der Waals surface area (Å²) in [6.45, 7) is 1.48. The van der Waals surface area contributed by atoms with Gasteiger partial charge in [-0.25, -0.2) is 9.78 Å². The van der Waals surface area contributed by atoms with E-state index in [1.54, 1.807) is 23.5 Å². The molecule has 0 spiro atoms. The number of thiophene rings is 1. The lowest BCUT2D eigenvalue weighted by Crippen LogP contribution is -2.15. The molecular weight excluding hydrogens is 284 g/mol. The van der Waals surface area contributed by atoms with Gasteiger partial charge >= 0.3 is 5.97 Å². The highest BCUT2D eigenvalue weighted by Crippen LogP contribution is 2.34. The molecule has 0 saturated carbocycles. The summed E-state index contributed by atoms with van der Waals surface area (Å²) < 4.78 is 1.22. The normalized spacial score (nSPS) is 13.6. The first-order valence-corrected chi connectivity index (χ1v) is 7.52. The van der Waals surface area contributed by atoms with Crippen LogP contribution in [0.15, 0.2) is 41.9 Å². The minimum absolute atomic E-state index is 0.345. The number of carbonyl (C=O) groups is 1. The molecule has 0 fully saturated rings. The van der Waals surface area contributed by atoms with Crippen molar-refractivity contribution >= 4 is 33.2 Å². The molecule has 1 aliphatic rings. The number of pyridine rings is 1. The van der Waals surface area contributed by atoms with Gasteiger partial charge in [-0.15, -0.1) is 11.3 Å². The Kier molecular flexibility index (Phi) is 2.68. The van der Waals surface area contributed by atoms with Crippen LogP contribution in [0.4, 0.5) is 5.82 Å². The molecule has 0 unspecified atom stereocenters. The maximum absolute atomic E-state index is 11.1. The molecule has 5 heteroatoms. The molecule has 4 nitrogen and oxygen atoms in total. The molecule has 0 bridgehead atoms. The van der Waals surface area contributed by atoms with E-state index in [9.17, 15) is 4.79 Å². The maximum atomic E-state index is 11.1. The van der Waals surface area contributed by atoms with Crippen molar-refractivity contribution in [1.82, 2.24) is 4.98 Å². The maximum Gasteiger partial charge on any atom is 0.335 e. The molecule has 104 valence electrons. The summed E-state index contributed by atoms with van der Waals surface area (Å²) in [5.74, 6) is 0.0936. The smallest absolute Gasteiger partial charge is 0.335 e. The number of nitrogens with zero attached hydrogens (tertiary/aromatic N) is 2. The Morgan fingerprint density at radius 3 is 2.90 bits per heavy atom. The van der Waals surface area contributed by atoms with Crippen LogP contribution in [0.5, 0.6) is 0 Å². The van der Waals surface area contributed by atoms with E-state index in [2.05, 4.69) is 21.3 Å². The third-order valence-electron chi connectivity index (χ3n) is 3.83. The van der Waals surface area contributed by atoms with Gasteiger partial charge in [0.05, 0.1) is 5.56 Å². The Bertz CT molecular complexity index is 856. The number of aromatic carboxylic acids is 1. The van der Waals surface area contributed by atoms with E-state index in [0.29, 0.717) is 12.1 Å². The summed E-state index contributed by atoms with van der Waals surface area (Å²) in [6, 6.07) is 9.46. The molecule has 4 rings (SSSR count). The van der Waals surface area contributed by atoms with E-state index in [0.717, 1.165) is 23.3 Å². The topological polar surface area (TPSA) is 53.4 Å². The molecule has 3 heterocycles. The zero-order valence-corrected chi connectivity index (χ0v) is 11.9. The molecule has 0 aliphatic carbocycles. The zero-order valence-electron chi connectivity index (χ0n) is 11.1. The van der Waals surface area contributed by atoms with Crippen molar-refractivity contribution in [2.45, 2.75) is 13.1 Å². The number of hydrogen-bond acceptors (Lipinski definition) is 4.